The van der Waals surface area contributed by atoms with E-state index in [1.807, 2.05) is 42.2 Å². The quantitative estimate of drug-likeness (QED) is 0.776. The summed E-state index contributed by atoms with van der Waals surface area (Å²) in [6.45, 7) is 4.95. The number of para-hydroxylation sites is 1. The summed E-state index contributed by atoms with van der Waals surface area (Å²) in [7, 11) is 0. The highest BCUT2D eigenvalue weighted by atomic mass is 16.5. The number of rotatable bonds is 1. The monoisotopic (exact) mass is 365 g/mol. The molecule has 5 rings (SSSR count). The van der Waals surface area contributed by atoms with E-state index in [0.717, 1.165) is 42.2 Å². The standard InChI is InChI=1S/C21H23N3O3/c1-14-7-8-20(26-14)17-13-18-16-5-3-4-6-19(16)27-21(24(18)22-17)9-11-23(12-10-21)15(2)25/h3-8,18H,9-13H2,1-2H3. The largest absolute Gasteiger partial charge is 0.466 e. The normalized spacial score (nSPS) is 22.9. The van der Waals surface area contributed by atoms with Crippen LogP contribution in [0.3, 0.4) is 0 Å². The number of hydrazone groups is 1. The third kappa shape index (κ3) is 2.54. The second-order valence-corrected chi connectivity index (χ2v) is 7.61. The molecule has 0 radical (unpaired) electrons. The van der Waals surface area contributed by atoms with Crippen LogP contribution in [0.2, 0.25) is 0 Å². The Morgan fingerprint density at radius 1 is 1.19 bits per heavy atom. The second-order valence-electron chi connectivity index (χ2n) is 7.61. The molecule has 3 aliphatic heterocycles. The molecular formula is C21H23N3O3. The number of furan rings is 1. The molecule has 140 valence electrons. The van der Waals surface area contributed by atoms with Gasteiger partial charge < -0.3 is 14.1 Å². The molecule has 1 unspecified atom stereocenters. The zero-order valence-electron chi connectivity index (χ0n) is 15.6. The molecule has 1 amide bonds. The highest BCUT2D eigenvalue weighted by Gasteiger charge is 2.52. The Morgan fingerprint density at radius 3 is 2.67 bits per heavy atom. The molecule has 2 aromatic rings. The Balaban J connectivity index is 1.54. The molecule has 6 heteroatoms. The van der Waals surface area contributed by atoms with Gasteiger partial charge in [-0.15, -0.1) is 0 Å². The lowest BCUT2D eigenvalue weighted by Crippen LogP contribution is -2.59. The lowest BCUT2D eigenvalue weighted by atomic mass is 9.91. The van der Waals surface area contributed by atoms with Gasteiger partial charge in [0.1, 0.15) is 23.0 Å². The smallest absolute Gasteiger partial charge is 0.219 e. The molecule has 1 spiro atoms. The van der Waals surface area contributed by atoms with Gasteiger partial charge in [-0.1, -0.05) is 18.2 Å². The Labute approximate surface area is 158 Å². The number of carbonyl (C=O) groups is 1. The van der Waals surface area contributed by atoms with Crippen LogP contribution in [0.25, 0.3) is 0 Å². The van der Waals surface area contributed by atoms with E-state index in [1.165, 1.54) is 5.56 Å². The third-order valence-electron chi connectivity index (χ3n) is 5.92. The number of piperidine rings is 1. The van der Waals surface area contributed by atoms with E-state index < -0.39 is 5.72 Å². The van der Waals surface area contributed by atoms with E-state index in [0.29, 0.717) is 13.1 Å². The van der Waals surface area contributed by atoms with Crippen molar-refractivity contribution in [2.24, 2.45) is 5.10 Å². The number of carbonyl (C=O) groups excluding carboxylic acids is 1. The van der Waals surface area contributed by atoms with Gasteiger partial charge in [0.05, 0.1) is 6.04 Å². The van der Waals surface area contributed by atoms with Crippen molar-refractivity contribution in [3.05, 3.63) is 53.5 Å². The van der Waals surface area contributed by atoms with Crippen LogP contribution in [0.15, 0.2) is 45.9 Å². The number of hydrogen-bond donors (Lipinski definition) is 0. The van der Waals surface area contributed by atoms with Gasteiger partial charge in [-0.3, -0.25) is 4.79 Å². The minimum Gasteiger partial charge on any atom is -0.466 e. The maximum Gasteiger partial charge on any atom is 0.219 e. The predicted molar refractivity (Wildman–Crippen MR) is 100 cm³/mol. The van der Waals surface area contributed by atoms with Crippen LogP contribution >= 0.6 is 0 Å². The van der Waals surface area contributed by atoms with Gasteiger partial charge in [-0.05, 0) is 25.1 Å². The van der Waals surface area contributed by atoms with Gasteiger partial charge in [0.15, 0.2) is 0 Å². The topological polar surface area (TPSA) is 58.3 Å². The summed E-state index contributed by atoms with van der Waals surface area (Å²) < 4.78 is 12.4. The number of ether oxygens (including phenoxy) is 1. The van der Waals surface area contributed by atoms with E-state index >= 15 is 0 Å². The molecule has 1 aromatic carbocycles. The van der Waals surface area contributed by atoms with Gasteiger partial charge in [-0.2, -0.15) is 5.10 Å². The molecule has 27 heavy (non-hydrogen) atoms. The van der Waals surface area contributed by atoms with Crippen LogP contribution in [0.5, 0.6) is 5.75 Å². The van der Waals surface area contributed by atoms with Crippen LogP contribution in [0.1, 0.15) is 49.3 Å². The van der Waals surface area contributed by atoms with E-state index in [-0.39, 0.29) is 11.9 Å². The van der Waals surface area contributed by atoms with Crippen LogP contribution < -0.4 is 4.74 Å². The van der Waals surface area contributed by atoms with Crippen LogP contribution in [0.4, 0.5) is 0 Å². The Morgan fingerprint density at radius 2 is 1.96 bits per heavy atom. The Bertz CT molecular complexity index is 924. The summed E-state index contributed by atoms with van der Waals surface area (Å²) in [5, 5.41) is 7.11. The second kappa shape index (κ2) is 5.87. The Kier molecular flexibility index (Phi) is 3.57. The molecule has 0 bridgehead atoms. The zero-order chi connectivity index (χ0) is 18.6. The average Bonchev–Trinajstić information content (AvgIpc) is 3.29. The van der Waals surface area contributed by atoms with Crippen molar-refractivity contribution in [2.45, 2.75) is 44.9 Å². The first kappa shape index (κ1) is 16.4. The van der Waals surface area contributed by atoms with Gasteiger partial charge in [0.2, 0.25) is 11.6 Å². The fraction of sp³-hybridized carbons (Fsp3) is 0.429. The first-order valence-electron chi connectivity index (χ1n) is 9.53. The van der Waals surface area contributed by atoms with E-state index in [1.54, 1.807) is 6.92 Å². The lowest BCUT2D eigenvalue weighted by molar-refractivity contribution is -0.158. The number of fused-ring (bicyclic) bond motifs is 4. The van der Waals surface area contributed by atoms with Crippen molar-refractivity contribution in [3.8, 4) is 5.75 Å². The van der Waals surface area contributed by atoms with Gasteiger partial charge in [-0.25, -0.2) is 5.01 Å². The SMILES string of the molecule is CC(=O)N1CCC2(CC1)Oc1ccccc1C1CC(c3ccc(C)o3)=NN12. The van der Waals surface area contributed by atoms with Gasteiger partial charge >= 0.3 is 0 Å². The van der Waals surface area contributed by atoms with E-state index in [9.17, 15) is 4.79 Å². The molecule has 1 saturated heterocycles. The summed E-state index contributed by atoms with van der Waals surface area (Å²) in [4.78, 5) is 13.7. The van der Waals surface area contributed by atoms with Crippen molar-refractivity contribution < 1.29 is 13.9 Å². The molecule has 6 nitrogen and oxygen atoms in total. The number of aryl methyl sites for hydroxylation is 1. The maximum absolute atomic E-state index is 11.8. The molecule has 4 heterocycles. The molecule has 1 fully saturated rings. The third-order valence-corrected chi connectivity index (χ3v) is 5.92. The fourth-order valence-corrected chi connectivity index (χ4v) is 4.47. The maximum atomic E-state index is 11.8. The molecule has 0 aliphatic carbocycles. The van der Waals surface area contributed by atoms with Gasteiger partial charge in [0.25, 0.3) is 0 Å². The molecule has 0 N–H and O–H groups in total. The van der Waals surface area contributed by atoms with Crippen molar-refractivity contribution in [1.82, 2.24) is 9.91 Å². The lowest BCUT2D eigenvalue weighted by Gasteiger charge is -2.51. The first-order valence-corrected chi connectivity index (χ1v) is 9.53. The van der Waals surface area contributed by atoms with Gasteiger partial charge in [0, 0.05) is 44.8 Å². The van der Waals surface area contributed by atoms with Crippen LogP contribution in [-0.2, 0) is 4.79 Å². The van der Waals surface area contributed by atoms with Crippen LogP contribution in [0, 0.1) is 6.92 Å². The molecular weight excluding hydrogens is 342 g/mol. The van der Waals surface area contributed by atoms with Crippen molar-refractivity contribution in [1.29, 1.82) is 0 Å². The molecule has 3 aliphatic rings. The predicted octanol–water partition coefficient (Wildman–Crippen LogP) is 3.47. The number of likely N-dealkylation sites (tertiary alicyclic amines) is 1. The first-order chi connectivity index (χ1) is 13.1. The van der Waals surface area contributed by atoms with Crippen LogP contribution in [-0.4, -0.2) is 40.3 Å². The fourth-order valence-electron chi connectivity index (χ4n) is 4.47. The van der Waals surface area contributed by atoms with Crippen molar-refractivity contribution >= 4 is 11.6 Å². The molecule has 1 atom stereocenters. The van der Waals surface area contributed by atoms with E-state index in [4.69, 9.17) is 14.3 Å². The summed E-state index contributed by atoms with van der Waals surface area (Å²) in [5.74, 6) is 2.77. The molecule has 0 saturated carbocycles. The highest BCUT2D eigenvalue weighted by Crippen LogP contribution is 2.49. The minimum absolute atomic E-state index is 0.120. The average molecular weight is 365 g/mol. The highest BCUT2D eigenvalue weighted by molar-refractivity contribution is 5.99. The number of benzene rings is 1. The number of hydrogen-bond acceptors (Lipinski definition) is 5. The number of nitrogens with zero attached hydrogens (tertiary/aromatic N) is 3. The summed E-state index contributed by atoms with van der Waals surface area (Å²) >= 11 is 0. The summed E-state index contributed by atoms with van der Waals surface area (Å²) in [5.41, 5.74) is 1.62. The van der Waals surface area contributed by atoms with Crippen molar-refractivity contribution in [2.75, 3.05) is 13.1 Å². The van der Waals surface area contributed by atoms with Crippen molar-refractivity contribution in [3.63, 3.8) is 0 Å². The summed E-state index contributed by atoms with van der Waals surface area (Å²) in [6.07, 6.45) is 2.28. The Hall–Kier alpha value is -2.76. The molecule has 1 aromatic heterocycles. The zero-order valence-corrected chi connectivity index (χ0v) is 15.6. The summed E-state index contributed by atoms with van der Waals surface area (Å²) in [6, 6.07) is 12.3. The minimum atomic E-state index is -0.506. The van der Waals surface area contributed by atoms with E-state index in [2.05, 4.69) is 11.1 Å². The number of amides is 1.